The molecule has 0 fully saturated rings. The lowest BCUT2D eigenvalue weighted by atomic mass is 10.1. The zero-order chi connectivity index (χ0) is 10.4. The van der Waals surface area contributed by atoms with E-state index < -0.39 is 0 Å². The Balaban J connectivity index is 2.25. The number of hydrogen-bond donors (Lipinski definition) is 3. The molecule has 78 valence electrons. The van der Waals surface area contributed by atoms with Crippen LogP contribution in [0.3, 0.4) is 0 Å². The Bertz CT molecular complexity index is 519. The molecule has 1 aliphatic rings. The molecule has 1 aliphatic heterocycles. The summed E-state index contributed by atoms with van der Waals surface area (Å²) in [5, 5.41) is 1.29. The Hall–Kier alpha value is -0.580. The first-order valence-corrected chi connectivity index (χ1v) is 5.85. The molecule has 0 amide bonds. The van der Waals surface area contributed by atoms with E-state index in [1.807, 2.05) is 6.07 Å². The lowest BCUT2D eigenvalue weighted by Crippen LogP contribution is -2.21. The Morgan fingerprint density at radius 1 is 1.33 bits per heavy atom. The van der Waals surface area contributed by atoms with Crippen LogP contribution < -0.4 is 0 Å². The highest BCUT2D eigenvalue weighted by Gasteiger charge is 2.18. The van der Waals surface area contributed by atoms with Crippen molar-refractivity contribution in [3.05, 3.63) is 29.5 Å². The van der Waals surface area contributed by atoms with Gasteiger partial charge in [-0.25, -0.2) is 4.31 Å². The summed E-state index contributed by atoms with van der Waals surface area (Å²) in [6.45, 7) is 1.92. The summed E-state index contributed by atoms with van der Waals surface area (Å²) in [6, 6.07) is 6.24. The van der Waals surface area contributed by atoms with E-state index >= 15 is 0 Å². The smallest absolute Gasteiger partial charge is 0.0460 e. The van der Waals surface area contributed by atoms with Crippen molar-refractivity contribution >= 4 is 36.3 Å². The fourth-order valence-corrected chi connectivity index (χ4v) is 2.63. The normalized spacial score (nSPS) is 16.9. The number of nitrogens with one attached hydrogen (secondary N) is 1. The maximum atomic E-state index is 4.41. The van der Waals surface area contributed by atoms with Gasteiger partial charge in [-0.15, -0.1) is 12.6 Å². The van der Waals surface area contributed by atoms with E-state index in [4.69, 9.17) is 0 Å². The van der Waals surface area contributed by atoms with Crippen molar-refractivity contribution in [2.75, 3.05) is 6.54 Å². The van der Waals surface area contributed by atoms with Gasteiger partial charge in [-0.1, -0.05) is 12.8 Å². The first-order chi connectivity index (χ1) is 7.24. The minimum Gasteiger partial charge on any atom is -0.358 e. The molecule has 0 radical (unpaired) electrons. The molecule has 1 N–H and O–H groups in total. The van der Waals surface area contributed by atoms with Crippen molar-refractivity contribution < 1.29 is 0 Å². The van der Waals surface area contributed by atoms with Crippen molar-refractivity contribution in [1.29, 1.82) is 0 Å². The average molecular weight is 236 g/mol. The standard InChI is InChI=1S/C11H12N2S2/c14-7-1-2-10-8(5-7)9-6-13(15)4-3-11(9)12-10/h1-2,5,12,14-15H,3-4,6H2. The summed E-state index contributed by atoms with van der Waals surface area (Å²) in [5.41, 5.74) is 3.94. The molecular weight excluding hydrogens is 224 g/mol. The van der Waals surface area contributed by atoms with Crippen LogP contribution in [0, 0.1) is 0 Å². The number of fused-ring (bicyclic) bond motifs is 3. The number of hydrogen-bond acceptors (Lipinski definition) is 3. The van der Waals surface area contributed by atoms with E-state index in [0.717, 1.165) is 24.4 Å². The molecule has 1 aromatic heterocycles. The molecule has 3 rings (SSSR count). The maximum Gasteiger partial charge on any atom is 0.0460 e. The van der Waals surface area contributed by atoms with Crippen LogP contribution >= 0.6 is 25.4 Å². The number of H-pyrrole nitrogens is 1. The van der Waals surface area contributed by atoms with Gasteiger partial charge in [0.05, 0.1) is 0 Å². The van der Waals surface area contributed by atoms with Gasteiger partial charge < -0.3 is 4.98 Å². The van der Waals surface area contributed by atoms with Crippen molar-refractivity contribution in [2.45, 2.75) is 17.9 Å². The Labute approximate surface area is 99.6 Å². The van der Waals surface area contributed by atoms with Crippen molar-refractivity contribution in [2.24, 2.45) is 0 Å². The minimum absolute atomic E-state index is 0.912. The van der Waals surface area contributed by atoms with Crippen LogP contribution in [-0.4, -0.2) is 15.8 Å². The molecular formula is C11H12N2S2. The SMILES string of the molecule is Sc1ccc2[nH]c3c(c2c1)CN(S)CC3. The highest BCUT2D eigenvalue weighted by Crippen LogP contribution is 2.29. The molecule has 0 spiro atoms. The Morgan fingerprint density at radius 3 is 3.07 bits per heavy atom. The van der Waals surface area contributed by atoms with Crippen LogP contribution in [-0.2, 0) is 13.0 Å². The van der Waals surface area contributed by atoms with Crippen molar-refractivity contribution in [1.82, 2.24) is 9.29 Å². The number of rotatable bonds is 0. The highest BCUT2D eigenvalue weighted by atomic mass is 32.1. The van der Waals surface area contributed by atoms with Gasteiger partial charge in [-0.2, -0.15) is 0 Å². The summed E-state index contributed by atoms with van der Waals surface area (Å²) >= 11 is 8.79. The molecule has 2 heterocycles. The summed E-state index contributed by atoms with van der Waals surface area (Å²) in [6.07, 6.45) is 1.05. The van der Waals surface area contributed by atoms with Crippen LogP contribution in [0.4, 0.5) is 0 Å². The van der Waals surface area contributed by atoms with Gasteiger partial charge in [-0.05, 0) is 23.8 Å². The lowest BCUT2D eigenvalue weighted by Gasteiger charge is -2.21. The molecule has 0 bridgehead atoms. The summed E-state index contributed by atoms with van der Waals surface area (Å²) in [5.74, 6) is 0. The van der Waals surface area contributed by atoms with Crippen LogP contribution in [0.2, 0.25) is 0 Å². The number of benzene rings is 1. The van der Waals surface area contributed by atoms with E-state index in [9.17, 15) is 0 Å². The first kappa shape index (κ1) is 9.63. The minimum atomic E-state index is 0.912. The molecule has 0 saturated carbocycles. The molecule has 4 heteroatoms. The molecule has 2 nitrogen and oxygen atoms in total. The quantitative estimate of drug-likeness (QED) is 0.600. The van der Waals surface area contributed by atoms with E-state index in [1.165, 1.54) is 22.2 Å². The lowest BCUT2D eigenvalue weighted by molar-refractivity contribution is 0.449. The van der Waals surface area contributed by atoms with Gasteiger partial charge in [0.15, 0.2) is 0 Å². The third-order valence-corrected chi connectivity index (χ3v) is 3.56. The Kier molecular flexibility index (Phi) is 2.23. The fraction of sp³-hybridized carbons (Fsp3) is 0.273. The van der Waals surface area contributed by atoms with Gasteiger partial charge >= 0.3 is 0 Å². The zero-order valence-corrected chi connectivity index (χ0v) is 9.98. The van der Waals surface area contributed by atoms with E-state index in [0.29, 0.717) is 0 Å². The predicted molar refractivity (Wildman–Crippen MR) is 68.7 cm³/mol. The number of nitrogens with zero attached hydrogens (tertiary/aromatic N) is 1. The van der Waals surface area contributed by atoms with Crippen LogP contribution in [0.5, 0.6) is 0 Å². The van der Waals surface area contributed by atoms with Crippen molar-refractivity contribution in [3.8, 4) is 0 Å². The number of aromatic amines is 1. The summed E-state index contributed by atoms with van der Waals surface area (Å²) < 4.78 is 2.06. The van der Waals surface area contributed by atoms with Crippen LogP contribution in [0.15, 0.2) is 23.1 Å². The maximum absolute atomic E-state index is 4.41. The van der Waals surface area contributed by atoms with E-state index in [-0.39, 0.29) is 0 Å². The second-order valence-electron chi connectivity index (χ2n) is 3.95. The van der Waals surface area contributed by atoms with Gasteiger partial charge in [0.1, 0.15) is 0 Å². The molecule has 15 heavy (non-hydrogen) atoms. The van der Waals surface area contributed by atoms with Crippen LogP contribution in [0.1, 0.15) is 11.3 Å². The van der Waals surface area contributed by atoms with E-state index in [2.05, 4.69) is 46.9 Å². The highest BCUT2D eigenvalue weighted by molar-refractivity contribution is 7.80. The zero-order valence-electron chi connectivity index (χ0n) is 8.20. The molecule has 0 saturated heterocycles. The third-order valence-electron chi connectivity index (χ3n) is 2.94. The largest absolute Gasteiger partial charge is 0.358 e. The molecule has 0 aliphatic carbocycles. The third kappa shape index (κ3) is 1.57. The fourth-order valence-electron chi connectivity index (χ4n) is 2.19. The molecule has 0 unspecified atom stereocenters. The second-order valence-corrected chi connectivity index (χ2v) is 5.03. The molecule has 1 aromatic carbocycles. The molecule has 0 atom stereocenters. The monoisotopic (exact) mass is 236 g/mol. The number of thiol groups is 2. The molecule has 2 aromatic rings. The number of aromatic nitrogens is 1. The first-order valence-electron chi connectivity index (χ1n) is 5.00. The summed E-state index contributed by atoms with van der Waals surface area (Å²) in [7, 11) is 0. The topological polar surface area (TPSA) is 19.0 Å². The Morgan fingerprint density at radius 2 is 2.20 bits per heavy atom. The van der Waals surface area contributed by atoms with Crippen molar-refractivity contribution in [3.63, 3.8) is 0 Å². The van der Waals surface area contributed by atoms with Gasteiger partial charge in [-0.3, -0.25) is 0 Å². The van der Waals surface area contributed by atoms with Gasteiger partial charge in [0, 0.05) is 41.0 Å². The second kappa shape index (κ2) is 3.47. The average Bonchev–Trinajstić information content (AvgIpc) is 2.56. The summed E-state index contributed by atoms with van der Waals surface area (Å²) in [4.78, 5) is 4.48. The van der Waals surface area contributed by atoms with Crippen LogP contribution in [0.25, 0.3) is 10.9 Å². The van der Waals surface area contributed by atoms with E-state index in [1.54, 1.807) is 0 Å². The predicted octanol–water partition coefficient (Wildman–Crippen LogP) is 2.66. The van der Waals surface area contributed by atoms with Gasteiger partial charge in [0.25, 0.3) is 0 Å². The van der Waals surface area contributed by atoms with Gasteiger partial charge in [0.2, 0.25) is 0 Å².